The lowest BCUT2D eigenvalue weighted by Crippen LogP contribution is -1.99. The van der Waals surface area contributed by atoms with Gasteiger partial charge in [-0.05, 0) is 30.7 Å². The Labute approximate surface area is 100 Å². The van der Waals surface area contributed by atoms with Crippen molar-refractivity contribution in [3.05, 3.63) is 36.4 Å². The van der Waals surface area contributed by atoms with Crippen LogP contribution in [0.25, 0.3) is 11.3 Å². The SMILES string of the molecule is CCCOc1ccccc1-c1ccc(N)nn1. The summed E-state index contributed by atoms with van der Waals surface area (Å²) in [6.07, 6.45) is 0.974. The molecule has 2 N–H and O–H groups in total. The van der Waals surface area contributed by atoms with Gasteiger partial charge in [0.1, 0.15) is 11.6 Å². The van der Waals surface area contributed by atoms with Gasteiger partial charge in [-0.3, -0.25) is 0 Å². The summed E-state index contributed by atoms with van der Waals surface area (Å²) in [5.74, 6) is 1.24. The Hall–Kier alpha value is -2.10. The Morgan fingerprint density at radius 3 is 2.65 bits per heavy atom. The number of hydrogen-bond donors (Lipinski definition) is 1. The van der Waals surface area contributed by atoms with Crippen LogP contribution >= 0.6 is 0 Å². The molecule has 2 rings (SSSR count). The third-order valence-electron chi connectivity index (χ3n) is 2.31. The van der Waals surface area contributed by atoms with Gasteiger partial charge in [-0.2, -0.15) is 0 Å². The lowest BCUT2D eigenvalue weighted by molar-refractivity contribution is 0.318. The average molecular weight is 229 g/mol. The number of nitrogens with zero attached hydrogens (tertiary/aromatic N) is 2. The summed E-state index contributed by atoms with van der Waals surface area (Å²) in [6.45, 7) is 2.77. The van der Waals surface area contributed by atoms with Crippen molar-refractivity contribution in [3.63, 3.8) is 0 Å². The maximum Gasteiger partial charge on any atom is 0.146 e. The minimum atomic E-state index is 0.417. The summed E-state index contributed by atoms with van der Waals surface area (Å²) in [5.41, 5.74) is 7.23. The Balaban J connectivity index is 2.33. The average Bonchev–Trinajstić information content (AvgIpc) is 2.38. The van der Waals surface area contributed by atoms with Gasteiger partial charge in [0.2, 0.25) is 0 Å². The topological polar surface area (TPSA) is 61.0 Å². The number of anilines is 1. The Morgan fingerprint density at radius 1 is 1.12 bits per heavy atom. The molecule has 0 aliphatic carbocycles. The number of nitrogens with two attached hydrogens (primary N) is 1. The van der Waals surface area contributed by atoms with E-state index in [1.807, 2.05) is 30.3 Å². The molecule has 0 aliphatic rings. The van der Waals surface area contributed by atoms with Crippen LogP contribution in [0.3, 0.4) is 0 Å². The number of benzene rings is 1. The second-order valence-corrected chi connectivity index (χ2v) is 3.69. The molecule has 0 bridgehead atoms. The van der Waals surface area contributed by atoms with Crippen LogP contribution in [0.5, 0.6) is 5.75 Å². The molecule has 0 saturated carbocycles. The molecule has 0 aliphatic heterocycles. The largest absolute Gasteiger partial charge is 0.493 e. The molecule has 1 aromatic heterocycles. The van der Waals surface area contributed by atoms with Crippen LogP contribution in [0.4, 0.5) is 5.82 Å². The Morgan fingerprint density at radius 2 is 1.94 bits per heavy atom. The number of nitrogen functional groups attached to an aromatic ring is 1. The highest BCUT2D eigenvalue weighted by Crippen LogP contribution is 2.28. The van der Waals surface area contributed by atoms with Gasteiger partial charge in [-0.1, -0.05) is 19.1 Å². The normalized spacial score (nSPS) is 10.2. The van der Waals surface area contributed by atoms with E-state index in [0.29, 0.717) is 12.4 Å². The molecule has 1 heterocycles. The molecule has 0 unspecified atom stereocenters. The molecular formula is C13H15N3O. The smallest absolute Gasteiger partial charge is 0.146 e. The highest BCUT2D eigenvalue weighted by molar-refractivity contribution is 5.67. The summed E-state index contributed by atoms with van der Waals surface area (Å²) in [5, 5.41) is 7.91. The van der Waals surface area contributed by atoms with Crippen LogP contribution in [0.2, 0.25) is 0 Å². The van der Waals surface area contributed by atoms with Crippen molar-refractivity contribution in [3.8, 4) is 17.0 Å². The first-order chi connectivity index (χ1) is 8.31. The molecule has 0 spiro atoms. The fourth-order valence-electron chi connectivity index (χ4n) is 1.50. The number of hydrogen-bond acceptors (Lipinski definition) is 4. The molecule has 0 atom stereocenters. The van der Waals surface area contributed by atoms with Gasteiger partial charge < -0.3 is 10.5 Å². The number of rotatable bonds is 4. The van der Waals surface area contributed by atoms with E-state index in [1.54, 1.807) is 6.07 Å². The number of ether oxygens (including phenoxy) is 1. The third kappa shape index (κ3) is 2.72. The van der Waals surface area contributed by atoms with Crippen LogP contribution in [-0.4, -0.2) is 16.8 Å². The molecule has 4 heteroatoms. The van der Waals surface area contributed by atoms with E-state index >= 15 is 0 Å². The molecule has 0 saturated heterocycles. The van der Waals surface area contributed by atoms with Gasteiger partial charge in [0, 0.05) is 5.56 Å². The van der Waals surface area contributed by atoms with Gasteiger partial charge in [-0.25, -0.2) is 0 Å². The fourth-order valence-corrected chi connectivity index (χ4v) is 1.50. The van der Waals surface area contributed by atoms with Crippen LogP contribution in [-0.2, 0) is 0 Å². The van der Waals surface area contributed by atoms with Crippen molar-refractivity contribution >= 4 is 5.82 Å². The minimum absolute atomic E-state index is 0.417. The predicted octanol–water partition coefficient (Wildman–Crippen LogP) is 2.51. The summed E-state index contributed by atoms with van der Waals surface area (Å²) in [6, 6.07) is 11.4. The van der Waals surface area contributed by atoms with E-state index in [-0.39, 0.29) is 0 Å². The van der Waals surface area contributed by atoms with Crippen molar-refractivity contribution in [2.45, 2.75) is 13.3 Å². The van der Waals surface area contributed by atoms with Crippen molar-refractivity contribution < 1.29 is 4.74 Å². The lowest BCUT2D eigenvalue weighted by atomic mass is 10.1. The highest BCUT2D eigenvalue weighted by atomic mass is 16.5. The predicted molar refractivity (Wildman–Crippen MR) is 67.7 cm³/mol. The first-order valence-corrected chi connectivity index (χ1v) is 5.62. The molecule has 0 fully saturated rings. The number of para-hydroxylation sites is 1. The van der Waals surface area contributed by atoms with Crippen molar-refractivity contribution in [2.75, 3.05) is 12.3 Å². The zero-order chi connectivity index (χ0) is 12.1. The monoisotopic (exact) mass is 229 g/mol. The molecule has 4 nitrogen and oxygen atoms in total. The Bertz CT molecular complexity index is 482. The van der Waals surface area contributed by atoms with Crippen LogP contribution in [0, 0.1) is 0 Å². The second kappa shape index (κ2) is 5.30. The van der Waals surface area contributed by atoms with Gasteiger partial charge in [0.05, 0.1) is 12.3 Å². The van der Waals surface area contributed by atoms with E-state index in [0.717, 1.165) is 23.4 Å². The maximum absolute atomic E-state index is 5.67. The molecule has 2 aromatic rings. The molecule has 17 heavy (non-hydrogen) atoms. The molecular weight excluding hydrogens is 214 g/mol. The number of aromatic nitrogens is 2. The molecule has 88 valence electrons. The summed E-state index contributed by atoms with van der Waals surface area (Å²) in [4.78, 5) is 0. The Kier molecular flexibility index (Phi) is 3.55. The fraction of sp³-hybridized carbons (Fsp3) is 0.231. The zero-order valence-electron chi connectivity index (χ0n) is 9.76. The maximum atomic E-state index is 5.67. The van der Waals surface area contributed by atoms with E-state index in [2.05, 4.69) is 17.1 Å². The van der Waals surface area contributed by atoms with Gasteiger partial charge >= 0.3 is 0 Å². The first kappa shape index (κ1) is 11.4. The van der Waals surface area contributed by atoms with E-state index in [9.17, 15) is 0 Å². The van der Waals surface area contributed by atoms with Crippen LogP contribution < -0.4 is 10.5 Å². The minimum Gasteiger partial charge on any atom is -0.493 e. The molecule has 1 aromatic carbocycles. The quantitative estimate of drug-likeness (QED) is 0.875. The van der Waals surface area contributed by atoms with Crippen LogP contribution in [0.15, 0.2) is 36.4 Å². The van der Waals surface area contributed by atoms with Gasteiger partial charge in [-0.15, -0.1) is 10.2 Å². The van der Waals surface area contributed by atoms with Gasteiger partial charge in [0.15, 0.2) is 0 Å². The van der Waals surface area contributed by atoms with E-state index < -0.39 is 0 Å². The van der Waals surface area contributed by atoms with E-state index in [4.69, 9.17) is 10.5 Å². The van der Waals surface area contributed by atoms with Crippen molar-refractivity contribution in [1.29, 1.82) is 0 Å². The van der Waals surface area contributed by atoms with Crippen molar-refractivity contribution in [1.82, 2.24) is 10.2 Å². The van der Waals surface area contributed by atoms with Gasteiger partial charge in [0.25, 0.3) is 0 Å². The standard InChI is InChI=1S/C13H15N3O/c1-2-9-17-12-6-4-3-5-10(12)11-7-8-13(14)16-15-11/h3-8H,2,9H2,1H3,(H2,14,16). The lowest BCUT2D eigenvalue weighted by Gasteiger charge is -2.09. The summed E-state index contributed by atoms with van der Waals surface area (Å²) in [7, 11) is 0. The molecule has 0 radical (unpaired) electrons. The third-order valence-corrected chi connectivity index (χ3v) is 2.31. The first-order valence-electron chi connectivity index (χ1n) is 5.62. The highest BCUT2D eigenvalue weighted by Gasteiger charge is 2.06. The summed E-state index contributed by atoms with van der Waals surface area (Å²) < 4.78 is 5.67. The zero-order valence-corrected chi connectivity index (χ0v) is 9.76. The second-order valence-electron chi connectivity index (χ2n) is 3.69. The van der Waals surface area contributed by atoms with E-state index in [1.165, 1.54) is 0 Å². The summed E-state index contributed by atoms with van der Waals surface area (Å²) >= 11 is 0. The molecule has 0 amide bonds. The van der Waals surface area contributed by atoms with Crippen LogP contribution in [0.1, 0.15) is 13.3 Å². The van der Waals surface area contributed by atoms with Crippen molar-refractivity contribution in [2.24, 2.45) is 0 Å².